The van der Waals surface area contributed by atoms with Gasteiger partial charge in [0.15, 0.2) is 11.5 Å². The van der Waals surface area contributed by atoms with Crippen LogP contribution in [0.5, 0.6) is 17.4 Å². The standard InChI is InChI=1S/C23H23N3O4S/c1-11-6-13(17-14(7-11)25-16(28-5)9-24-17)22-26-18-12(21(27)23(2,3)4)8-15-19(20(18)31-22)30-10-29-15/h6-9,21,27H,10H2,1-5H3. The lowest BCUT2D eigenvalue weighted by molar-refractivity contribution is 0.0636. The fraction of sp³-hybridized carbons (Fsp3) is 0.348. The van der Waals surface area contributed by atoms with Crippen molar-refractivity contribution < 1.29 is 19.3 Å². The first kappa shape index (κ1) is 20.0. The zero-order valence-electron chi connectivity index (χ0n) is 18.0. The minimum absolute atomic E-state index is 0.158. The highest BCUT2D eigenvalue weighted by Gasteiger charge is 2.31. The van der Waals surface area contributed by atoms with Gasteiger partial charge in [0.05, 0.1) is 36.0 Å². The normalized spacial score (nSPS) is 14.4. The third-order valence-electron chi connectivity index (χ3n) is 5.36. The molecule has 1 unspecified atom stereocenters. The van der Waals surface area contributed by atoms with Gasteiger partial charge in [-0.3, -0.25) is 0 Å². The Kier molecular flexibility index (Phi) is 4.53. The van der Waals surface area contributed by atoms with Gasteiger partial charge in [-0.1, -0.05) is 20.8 Å². The highest BCUT2D eigenvalue weighted by Crippen LogP contribution is 2.49. The Morgan fingerprint density at radius 1 is 1.13 bits per heavy atom. The number of aryl methyl sites for hydroxylation is 1. The Hall–Kier alpha value is -2.97. The molecule has 3 heterocycles. The molecule has 0 amide bonds. The summed E-state index contributed by atoms with van der Waals surface area (Å²) in [6.45, 7) is 8.17. The van der Waals surface area contributed by atoms with E-state index in [0.29, 0.717) is 17.4 Å². The van der Waals surface area contributed by atoms with Crippen LogP contribution in [0.15, 0.2) is 24.4 Å². The van der Waals surface area contributed by atoms with Gasteiger partial charge in [-0.05, 0) is 36.1 Å². The summed E-state index contributed by atoms with van der Waals surface area (Å²) in [7, 11) is 1.57. The Bertz CT molecular complexity index is 1330. The van der Waals surface area contributed by atoms with Crippen LogP contribution in [0.1, 0.15) is 38.0 Å². The largest absolute Gasteiger partial charge is 0.480 e. The lowest BCUT2D eigenvalue weighted by Crippen LogP contribution is -2.18. The lowest BCUT2D eigenvalue weighted by Gasteiger charge is -2.26. The number of benzene rings is 2. The summed E-state index contributed by atoms with van der Waals surface area (Å²) in [5.41, 5.74) is 4.52. The molecule has 1 aliphatic heterocycles. The topological polar surface area (TPSA) is 86.6 Å². The van der Waals surface area contributed by atoms with E-state index < -0.39 is 6.10 Å². The van der Waals surface area contributed by atoms with Crippen molar-refractivity contribution in [3.8, 4) is 28.0 Å². The van der Waals surface area contributed by atoms with E-state index in [1.807, 2.05) is 39.8 Å². The van der Waals surface area contributed by atoms with E-state index >= 15 is 0 Å². The fourth-order valence-corrected chi connectivity index (χ4v) is 4.86. The summed E-state index contributed by atoms with van der Waals surface area (Å²) in [6, 6.07) is 5.88. The van der Waals surface area contributed by atoms with Crippen molar-refractivity contribution >= 4 is 32.6 Å². The van der Waals surface area contributed by atoms with Crippen LogP contribution in [0.4, 0.5) is 0 Å². The summed E-state index contributed by atoms with van der Waals surface area (Å²) < 4.78 is 17.5. The third-order valence-corrected chi connectivity index (χ3v) is 6.45. The Morgan fingerprint density at radius 2 is 1.94 bits per heavy atom. The van der Waals surface area contributed by atoms with Gasteiger partial charge in [-0.2, -0.15) is 0 Å². The van der Waals surface area contributed by atoms with Crippen LogP contribution in [0.3, 0.4) is 0 Å². The molecular formula is C23H23N3O4S. The molecule has 0 bridgehead atoms. The van der Waals surface area contributed by atoms with Crippen LogP contribution >= 0.6 is 11.3 Å². The number of rotatable bonds is 3. The van der Waals surface area contributed by atoms with Crippen molar-refractivity contribution in [1.82, 2.24) is 15.0 Å². The number of methoxy groups -OCH3 is 1. The van der Waals surface area contributed by atoms with Crippen LogP contribution in [0.2, 0.25) is 0 Å². The highest BCUT2D eigenvalue weighted by atomic mass is 32.1. The second kappa shape index (κ2) is 7.03. The van der Waals surface area contributed by atoms with Crippen LogP contribution < -0.4 is 14.2 Å². The molecule has 4 aromatic rings. The van der Waals surface area contributed by atoms with Gasteiger partial charge in [-0.25, -0.2) is 15.0 Å². The molecule has 0 saturated heterocycles. The maximum Gasteiger partial charge on any atom is 0.232 e. The van der Waals surface area contributed by atoms with Gasteiger partial charge in [0.1, 0.15) is 9.71 Å². The predicted molar refractivity (Wildman–Crippen MR) is 120 cm³/mol. The zero-order chi connectivity index (χ0) is 21.9. The molecule has 8 heteroatoms. The number of thiazole rings is 1. The van der Waals surface area contributed by atoms with E-state index in [4.69, 9.17) is 19.2 Å². The van der Waals surface area contributed by atoms with Crippen LogP contribution in [-0.4, -0.2) is 34.0 Å². The highest BCUT2D eigenvalue weighted by molar-refractivity contribution is 7.22. The summed E-state index contributed by atoms with van der Waals surface area (Å²) >= 11 is 1.51. The fourth-order valence-electron chi connectivity index (χ4n) is 3.75. The maximum atomic E-state index is 11.1. The quantitative estimate of drug-likeness (QED) is 0.481. The SMILES string of the molecule is COc1cnc2c(-c3nc4c(C(O)C(C)(C)C)cc5c(c4s3)OCO5)cc(C)cc2n1. The second-order valence-electron chi connectivity index (χ2n) is 8.76. The van der Waals surface area contributed by atoms with Gasteiger partial charge in [-0.15, -0.1) is 11.3 Å². The van der Waals surface area contributed by atoms with E-state index in [1.54, 1.807) is 13.3 Å². The molecule has 0 radical (unpaired) electrons. The average Bonchev–Trinajstić information content (AvgIpc) is 3.37. The first-order valence-electron chi connectivity index (χ1n) is 9.99. The molecule has 0 aliphatic carbocycles. The van der Waals surface area contributed by atoms with Crippen molar-refractivity contribution in [2.24, 2.45) is 5.41 Å². The molecule has 0 fully saturated rings. The number of fused-ring (bicyclic) bond motifs is 4. The molecule has 1 N–H and O–H groups in total. The van der Waals surface area contributed by atoms with Crippen molar-refractivity contribution in [3.63, 3.8) is 0 Å². The molecule has 0 spiro atoms. The number of aliphatic hydroxyl groups excluding tert-OH is 1. The van der Waals surface area contributed by atoms with E-state index in [9.17, 15) is 5.11 Å². The molecule has 1 aliphatic rings. The number of ether oxygens (including phenoxy) is 3. The molecule has 0 saturated carbocycles. The maximum absolute atomic E-state index is 11.1. The van der Waals surface area contributed by atoms with E-state index in [-0.39, 0.29) is 12.2 Å². The van der Waals surface area contributed by atoms with Gasteiger partial charge < -0.3 is 19.3 Å². The van der Waals surface area contributed by atoms with Crippen molar-refractivity contribution in [1.29, 1.82) is 0 Å². The molecule has 7 nitrogen and oxygen atoms in total. The van der Waals surface area contributed by atoms with Gasteiger partial charge in [0.25, 0.3) is 0 Å². The number of aliphatic hydroxyl groups is 1. The van der Waals surface area contributed by atoms with Gasteiger partial charge >= 0.3 is 0 Å². The number of nitrogens with zero attached hydrogens (tertiary/aromatic N) is 3. The molecule has 1 atom stereocenters. The van der Waals surface area contributed by atoms with E-state index in [1.165, 1.54) is 11.3 Å². The number of hydrogen-bond donors (Lipinski definition) is 1. The van der Waals surface area contributed by atoms with E-state index in [2.05, 4.69) is 16.0 Å². The average molecular weight is 438 g/mol. The second-order valence-corrected chi connectivity index (χ2v) is 9.76. The van der Waals surface area contributed by atoms with Crippen LogP contribution in [-0.2, 0) is 0 Å². The van der Waals surface area contributed by atoms with Crippen LogP contribution in [0, 0.1) is 12.3 Å². The molecule has 2 aromatic heterocycles. The molecular weight excluding hydrogens is 414 g/mol. The zero-order valence-corrected chi connectivity index (χ0v) is 18.8. The third kappa shape index (κ3) is 3.26. The first-order valence-corrected chi connectivity index (χ1v) is 10.8. The van der Waals surface area contributed by atoms with Crippen molar-refractivity contribution in [3.05, 3.63) is 35.5 Å². The Labute approximate surface area is 183 Å². The lowest BCUT2D eigenvalue weighted by atomic mass is 9.84. The van der Waals surface area contributed by atoms with Crippen LogP contribution in [0.25, 0.3) is 31.8 Å². The predicted octanol–water partition coefficient (Wildman–Crippen LogP) is 5.03. The van der Waals surface area contributed by atoms with Crippen molar-refractivity contribution in [2.45, 2.75) is 33.8 Å². The summed E-state index contributed by atoms with van der Waals surface area (Å²) in [4.78, 5) is 14.1. The van der Waals surface area contributed by atoms with E-state index in [0.717, 1.165) is 42.9 Å². The summed E-state index contributed by atoms with van der Waals surface area (Å²) in [6.07, 6.45) is 0.899. The molecule has 31 heavy (non-hydrogen) atoms. The Morgan fingerprint density at radius 3 is 2.68 bits per heavy atom. The van der Waals surface area contributed by atoms with Crippen molar-refractivity contribution in [2.75, 3.05) is 13.9 Å². The Balaban J connectivity index is 1.78. The van der Waals surface area contributed by atoms with Gasteiger partial charge in [0, 0.05) is 11.1 Å². The summed E-state index contributed by atoms with van der Waals surface area (Å²) in [5.74, 6) is 1.78. The molecule has 160 valence electrons. The molecule has 2 aromatic carbocycles. The first-order chi connectivity index (χ1) is 14.8. The summed E-state index contributed by atoms with van der Waals surface area (Å²) in [5, 5.41) is 11.9. The monoisotopic (exact) mass is 437 g/mol. The molecule has 5 rings (SSSR count). The number of aromatic nitrogens is 3. The minimum atomic E-state index is -0.710. The van der Waals surface area contributed by atoms with Gasteiger partial charge in [0.2, 0.25) is 12.7 Å². The smallest absolute Gasteiger partial charge is 0.232 e. The minimum Gasteiger partial charge on any atom is -0.480 e. The number of hydrogen-bond acceptors (Lipinski definition) is 8.